The summed E-state index contributed by atoms with van der Waals surface area (Å²) in [4.78, 5) is 4.11. The highest BCUT2D eigenvalue weighted by Crippen LogP contribution is 2.28. The number of pyridine rings is 1. The number of nitriles is 1. The zero-order valence-corrected chi connectivity index (χ0v) is 11.2. The van der Waals surface area contributed by atoms with Crippen LogP contribution >= 0.6 is 11.6 Å². The number of nitrogens with one attached hydrogen (secondary N) is 1. The van der Waals surface area contributed by atoms with Crippen LogP contribution in [0, 0.1) is 11.3 Å². The van der Waals surface area contributed by atoms with Crippen molar-refractivity contribution in [3.05, 3.63) is 65.4 Å². The molecule has 3 nitrogen and oxygen atoms in total. The number of anilines is 2. The fraction of sp³-hybridized carbons (Fsp3) is 0. The smallest absolute Gasteiger partial charge is 0.101 e. The van der Waals surface area contributed by atoms with Crippen molar-refractivity contribution in [3.8, 4) is 6.07 Å². The summed E-state index contributed by atoms with van der Waals surface area (Å²) >= 11 is 5.91. The molecule has 0 amide bonds. The van der Waals surface area contributed by atoms with Gasteiger partial charge in [-0.15, -0.1) is 0 Å². The summed E-state index contributed by atoms with van der Waals surface area (Å²) in [6.07, 6.45) is 3.56. The molecule has 0 atom stereocenters. The Morgan fingerprint density at radius 2 is 2.00 bits per heavy atom. The van der Waals surface area contributed by atoms with Crippen LogP contribution < -0.4 is 5.32 Å². The maximum atomic E-state index is 9.18. The third kappa shape index (κ3) is 2.29. The number of hydrogen-bond donors (Lipinski definition) is 1. The molecule has 0 bridgehead atoms. The van der Waals surface area contributed by atoms with Gasteiger partial charge in [-0.1, -0.05) is 23.7 Å². The average molecular weight is 280 g/mol. The van der Waals surface area contributed by atoms with E-state index >= 15 is 0 Å². The van der Waals surface area contributed by atoms with Gasteiger partial charge in [0.15, 0.2) is 0 Å². The SMILES string of the molecule is N#Cc1cc(Cl)ccc1Nc1cccc2cnccc12. The predicted molar refractivity (Wildman–Crippen MR) is 81.2 cm³/mol. The number of rotatable bonds is 2. The van der Waals surface area contributed by atoms with Gasteiger partial charge in [-0.05, 0) is 30.3 Å². The zero-order chi connectivity index (χ0) is 13.9. The third-order valence-corrected chi connectivity index (χ3v) is 3.29. The van der Waals surface area contributed by atoms with Crippen LogP contribution in [0.4, 0.5) is 11.4 Å². The molecule has 20 heavy (non-hydrogen) atoms. The summed E-state index contributed by atoms with van der Waals surface area (Å²) in [7, 11) is 0. The van der Waals surface area contributed by atoms with Crippen LogP contribution in [-0.2, 0) is 0 Å². The van der Waals surface area contributed by atoms with Crippen LogP contribution in [0.15, 0.2) is 54.9 Å². The lowest BCUT2D eigenvalue weighted by Crippen LogP contribution is -1.94. The fourth-order valence-electron chi connectivity index (χ4n) is 2.09. The first-order valence-corrected chi connectivity index (χ1v) is 6.45. The number of aromatic nitrogens is 1. The first-order chi connectivity index (χ1) is 9.78. The minimum atomic E-state index is 0.517. The summed E-state index contributed by atoms with van der Waals surface area (Å²) in [6.45, 7) is 0. The molecule has 0 fully saturated rings. The van der Waals surface area contributed by atoms with Crippen LogP contribution in [0.3, 0.4) is 0 Å². The van der Waals surface area contributed by atoms with Gasteiger partial charge in [-0.2, -0.15) is 5.26 Å². The van der Waals surface area contributed by atoms with Gasteiger partial charge in [-0.25, -0.2) is 0 Å². The molecule has 1 aromatic heterocycles. The Balaban J connectivity index is 2.08. The number of halogens is 1. The summed E-state index contributed by atoms with van der Waals surface area (Å²) in [6, 6.07) is 15.2. The lowest BCUT2D eigenvalue weighted by molar-refractivity contribution is 1.36. The Labute approximate surface area is 121 Å². The molecule has 1 heterocycles. The van der Waals surface area contributed by atoms with Gasteiger partial charge in [0.2, 0.25) is 0 Å². The van der Waals surface area contributed by atoms with E-state index in [4.69, 9.17) is 11.6 Å². The van der Waals surface area contributed by atoms with Crippen molar-refractivity contribution in [3.63, 3.8) is 0 Å². The summed E-state index contributed by atoms with van der Waals surface area (Å²) in [5.74, 6) is 0. The number of nitrogens with zero attached hydrogens (tertiary/aromatic N) is 2. The number of fused-ring (bicyclic) bond motifs is 1. The monoisotopic (exact) mass is 279 g/mol. The van der Waals surface area contributed by atoms with E-state index in [-0.39, 0.29) is 0 Å². The predicted octanol–water partition coefficient (Wildman–Crippen LogP) is 4.50. The second-order valence-electron chi connectivity index (χ2n) is 4.33. The fourth-order valence-corrected chi connectivity index (χ4v) is 2.27. The van der Waals surface area contributed by atoms with E-state index in [0.29, 0.717) is 10.6 Å². The second kappa shape index (κ2) is 5.20. The van der Waals surface area contributed by atoms with Crippen molar-refractivity contribution in [2.24, 2.45) is 0 Å². The van der Waals surface area contributed by atoms with Gasteiger partial charge in [0, 0.05) is 33.9 Å². The highest BCUT2D eigenvalue weighted by Gasteiger charge is 2.05. The van der Waals surface area contributed by atoms with Crippen molar-refractivity contribution in [1.29, 1.82) is 5.26 Å². The Hall–Kier alpha value is -2.57. The Bertz CT molecular complexity index is 816. The molecular weight excluding hydrogens is 270 g/mol. The largest absolute Gasteiger partial charge is 0.354 e. The molecule has 96 valence electrons. The van der Waals surface area contributed by atoms with Crippen molar-refractivity contribution in [1.82, 2.24) is 4.98 Å². The Kier molecular flexibility index (Phi) is 3.24. The minimum absolute atomic E-state index is 0.517. The Morgan fingerprint density at radius 3 is 2.85 bits per heavy atom. The van der Waals surface area contributed by atoms with Crippen molar-refractivity contribution in [2.45, 2.75) is 0 Å². The van der Waals surface area contributed by atoms with E-state index in [0.717, 1.165) is 22.1 Å². The van der Waals surface area contributed by atoms with E-state index in [2.05, 4.69) is 16.4 Å². The first kappa shape index (κ1) is 12.5. The maximum absolute atomic E-state index is 9.18. The minimum Gasteiger partial charge on any atom is -0.354 e. The van der Waals surface area contributed by atoms with Gasteiger partial charge in [-0.3, -0.25) is 4.98 Å². The van der Waals surface area contributed by atoms with E-state index in [1.54, 1.807) is 24.4 Å². The molecule has 0 radical (unpaired) electrons. The van der Waals surface area contributed by atoms with Crippen molar-refractivity contribution in [2.75, 3.05) is 5.32 Å². The molecule has 1 N–H and O–H groups in total. The molecule has 0 aliphatic heterocycles. The molecule has 0 spiro atoms. The van der Waals surface area contributed by atoms with Gasteiger partial charge in [0.05, 0.1) is 11.3 Å². The molecule has 0 saturated heterocycles. The molecule has 4 heteroatoms. The Morgan fingerprint density at radius 1 is 1.10 bits per heavy atom. The molecule has 3 rings (SSSR count). The van der Waals surface area contributed by atoms with E-state index in [1.165, 1.54) is 0 Å². The highest BCUT2D eigenvalue weighted by atomic mass is 35.5. The summed E-state index contributed by atoms with van der Waals surface area (Å²) in [5.41, 5.74) is 2.19. The lowest BCUT2D eigenvalue weighted by atomic mass is 10.1. The number of benzene rings is 2. The highest BCUT2D eigenvalue weighted by molar-refractivity contribution is 6.30. The molecule has 0 saturated carbocycles. The molecule has 0 aliphatic rings. The van der Waals surface area contributed by atoms with Gasteiger partial charge in [0.1, 0.15) is 6.07 Å². The molecule has 2 aromatic carbocycles. The normalized spacial score (nSPS) is 10.2. The van der Waals surface area contributed by atoms with Crippen LogP contribution in [0.25, 0.3) is 10.8 Å². The van der Waals surface area contributed by atoms with Crippen LogP contribution in [0.5, 0.6) is 0 Å². The molecular formula is C16H10ClN3. The number of hydrogen-bond acceptors (Lipinski definition) is 3. The van der Waals surface area contributed by atoms with Crippen molar-refractivity contribution < 1.29 is 0 Å². The van der Waals surface area contributed by atoms with Crippen LogP contribution in [0.1, 0.15) is 5.56 Å². The summed E-state index contributed by atoms with van der Waals surface area (Å²) in [5, 5.41) is 15.1. The first-order valence-electron chi connectivity index (χ1n) is 6.07. The van der Waals surface area contributed by atoms with E-state index < -0.39 is 0 Å². The van der Waals surface area contributed by atoms with Crippen LogP contribution in [0.2, 0.25) is 5.02 Å². The quantitative estimate of drug-likeness (QED) is 0.751. The topological polar surface area (TPSA) is 48.7 Å². The molecule has 0 aliphatic carbocycles. The van der Waals surface area contributed by atoms with Gasteiger partial charge < -0.3 is 5.32 Å². The lowest BCUT2D eigenvalue weighted by Gasteiger charge is -2.11. The molecule has 0 unspecified atom stereocenters. The zero-order valence-electron chi connectivity index (χ0n) is 10.5. The van der Waals surface area contributed by atoms with Crippen molar-refractivity contribution >= 4 is 33.7 Å². The average Bonchev–Trinajstić information content (AvgIpc) is 2.49. The summed E-state index contributed by atoms with van der Waals surface area (Å²) < 4.78 is 0. The van der Waals surface area contributed by atoms with Gasteiger partial charge in [0.25, 0.3) is 0 Å². The van der Waals surface area contributed by atoms with E-state index in [9.17, 15) is 5.26 Å². The van der Waals surface area contributed by atoms with Gasteiger partial charge >= 0.3 is 0 Å². The van der Waals surface area contributed by atoms with Crippen LogP contribution in [-0.4, -0.2) is 4.98 Å². The van der Waals surface area contributed by atoms with E-state index in [1.807, 2.05) is 30.5 Å². The third-order valence-electron chi connectivity index (χ3n) is 3.05. The molecule has 3 aromatic rings. The standard InChI is InChI=1S/C16H10ClN3/c17-13-4-5-15(12(8-13)9-18)20-16-3-1-2-11-10-19-7-6-14(11)16/h1-8,10,20H. The maximum Gasteiger partial charge on any atom is 0.101 e. The second-order valence-corrected chi connectivity index (χ2v) is 4.77.